The molecule has 0 bridgehead atoms. The molecule has 2 fully saturated rings. The van der Waals surface area contributed by atoms with Crippen LogP contribution in [-0.2, 0) is 26.0 Å². The zero-order chi connectivity index (χ0) is 23.6. The number of sulfonamides is 1. The number of carbonyl (C=O) groups excluding carboxylic acids is 2. The van der Waals surface area contributed by atoms with Crippen molar-refractivity contribution in [2.45, 2.75) is 23.8 Å². The fraction of sp³-hybridized carbons (Fsp3) is 0.391. The van der Waals surface area contributed by atoms with E-state index in [1.165, 1.54) is 21.3 Å². The monoisotopic (exact) mass is 475 g/mol. The quantitative estimate of drug-likeness (QED) is 0.565. The molecule has 0 radical (unpaired) electrons. The summed E-state index contributed by atoms with van der Waals surface area (Å²) in [7, 11) is -2.14. The number of imide groups is 1. The number of hydrogen-bond acceptors (Lipinski definition) is 6. The van der Waals surface area contributed by atoms with E-state index in [1.54, 1.807) is 7.11 Å². The third-order valence-electron chi connectivity index (χ3n) is 6.17. The SMILES string of the molecule is COc1ccc(CCN2C(=O)C[C@H](N3CCN(S(=O)(=O)c4ccc(F)cc4)CC3)C2=O)cc1. The van der Waals surface area contributed by atoms with Crippen molar-refractivity contribution in [1.82, 2.24) is 14.1 Å². The van der Waals surface area contributed by atoms with E-state index in [0.717, 1.165) is 23.4 Å². The lowest BCUT2D eigenvalue weighted by atomic mass is 10.1. The van der Waals surface area contributed by atoms with Crippen LogP contribution >= 0.6 is 0 Å². The van der Waals surface area contributed by atoms with Gasteiger partial charge in [0.2, 0.25) is 21.8 Å². The van der Waals surface area contributed by atoms with Crippen molar-refractivity contribution < 1.29 is 27.1 Å². The normalized spacial score (nSPS) is 20.4. The van der Waals surface area contributed by atoms with Crippen molar-refractivity contribution in [3.63, 3.8) is 0 Å². The lowest BCUT2D eigenvalue weighted by molar-refractivity contribution is -0.139. The number of ether oxygens (including phenoxy) is 1. The zero-order valence-corrected chi connectivity index (χ0v) is 19.1. The van der Waals surface area contributed by atoms with Gasteiger partial charge in [-0.2, -0.15) is 4.31 Å². The highest BCUT2D eigenvalue weighted by atomic mass is 32.2. The molecule has 0 unspecified atom stereocenters. The molecule has 0 saturated carbocycles. The highest BCUT2D eigenvalue weighted by Crippen LogP contribution is 2.24. The largest absolute Gasteiger partial charge is 0.497 e. The van der Waals surface area contributed by atoms with Gasteiger partial charge >= 0.3 is 0 Å². The summed E-state index contributed by atoms with van der Waals surface area (Å²) in [5.41, 5.74) is 1.000. The molecule has 176 valence electrons. The molecule has 33 heavy (non-hydrogen) atoms. The van der Waals surface area contributed by atoms with Crippen LogP contribution in [-0.4, -0.2) is 80.2 Å². The lowest BCUT2D eigenvalue weighted by Crippen LogP contribution is -2.53. The average Bonchev–Trinajstić information content (AvgIpc) is 3.11. The molecule has 2 heterocycles. The summed E-state index contributed by atoms with van der Waals surface area (Å²) >= 11 is 0. The maximum absolute atomic E-state index is 13.1. The number of amides is 2. The number of likely N-dealkylation sites (tertiary alicyclic amines) is 1. The van der Waals surface area contributed by atoms with Gasteiger partial charge in [0.1, 0.15) is 11.6 Å². The minimum atomic E-state index is -3.74. The van der Waals surface area contributed by atoms with Crippen LogP contribution in [0.3, 0.4) is 0 Å². The number of halogens is 1. The second kappa shape index (κ2) is 9.58. The van der Waals surface area contributed by atoms with E-state index in [1.807, 2.05) is 29.2 Å². The Kier molecular flexibility index (Phi) is 6.78. The van der Waals surface area contributed by atoms with Crippen LogP contribution in [0, 0.1) is 5.82 Å². The van der Waals surface area contributed by atoms with Crippen molar-refractivity contribution in [1.29, 1.82) is 0 Å². The minimum absolute atomic E-state index is 0.0363. The van der Waals surface area contributed by atoms with Crippen molar-refractivity contribution in [3.05, 3.63) is 59.9 Å². The Morgan fingerprint density at radius 2 is 1.61 bits per heavy atom. The Bertz CT molecular complexity index is 1110. The molecular weight excluding hydrogens is 449 g/mol. The first-order valence-electron chi connectivity index (χ1n) is 10.8. The minimum Gasteiger partial charge on any atom is -0.497 e. The first-order valence-corrected chi connectivity index (χ1v) is 12.2. The van der Waals surface area contributed by atoms with Crippen LogP contribution in [0.15, 0.2) is 53.4 Å². The van der Waals surface area contributed by atoms with Crippen LogP contribution in [0.4, 0.5) is 4.39 Å². The van der Waals surface area contributed by atoms with E-state index >= 15 is 0 Å². The van der Waals surface area contributed by atoms with Gasteiger partial charge in [0.15, 0.2) is 0 Å². The van der Waals surface area contributed by atoms with Gasteiger partial charge in [-0.1, -0.05) is 12.1 Å². The van der Waals surface area contributed by atoms with Gasteiger partial charge in [-0.15, -0.1) is 0 Å². The third kappa shape index (κ3) is 4.92. The molecule has 4 rings (SSSR count). The fourth-order valence-corrected chi connectivity index (χ4v) is 5.65. The maximum Gasteiger partial charge on any atom is 0.247 e. The standard InChI is InChI=1S/C23H26FN3O5S/c1-32-19-6-2-17(3-7-19)10-11-27-22(28)16-21(23(27)29)25-12-14-26(15-13-25)33(30,31)20-8-4-18(24)5-9-20/h2-9,21H,10-16H2,1H3/t21-/m0/s1. The maximum atomic E-state index is 13.1. The number of hydrogen-bond donors (Lipinski definition) is 0. The molecule has 0 aliphatic carbocycles. The summed E-state index contributed by atoms with van der Waals surface area (Å²) in [6.45, 7) is 1.39. The number of nitrogens with zero attached hydrogens (tertiary/aromatic N) is 3. The molecule has 8 nitrogen and oxygen atoms in total. The Hall–Kier alpha value is -2.82. The van der Waals surface area contributed by atoms with Crippen LogP contribution in [0.1, 0.15) is 12.0 Å². The summed E-state index contributed by atoms with van der Waals surface area (Å²) in [6.07, 6.45) is 0.657. The Morgan fingerprint density at radius 3 is 2.21 bits per heavy atom. The van der Waals surface area contributed by atoms with Crippen molar-refractivity contribution in [2.24, 2.45) is 0 Å². The zero-order valence-electron chi connectivity index (χ0n) is 18.3. The molecule has 0 N–H and O–H groups in total. The summed E-state index contributed by atoms with van der Waals surface area (Å²) in [5, 5.41) is 0. The number of methoxy groups -OCH3 is 1. The number of benzene rings is 2. The van der Waals surface area contributed by atoms with Crippen molar-refractivity contribution in [3.8, 4) is 5.75 Å². The molecule has 2 aromatic rings. The molecule has 2 aliphatic rings. The van der Waals surface area contributed by atoms with Crippen LogP contribution < -0.4 is 4.74 Å². The first-order chi connectivity index (χ1) is 15.8. The lowest BCUT2D eigenvalue weighted by Gasteiger charge is -2.36. The Labute approximate surface area is 192 Å². The van der Waals surface area contributed by atoms with Gasteiger partial charge in [0, 0.05) is 32.7 Å². The second-order valence-electron chi connectivity index (χ2n) is 8.10. The molecular formula is C23H26FN3O5S. The molecule has 2 saturated heterocycles. The van der Waals surface area contributed by atoms with Crippen LogP contribution in [0.2, 0.25) is 0 Å². The van der Waals surface area contributed by atoms with Gasteiger partial charge in [-0.05, 0) is 48.4 Å². The van der Waals surface area contributed by atoms with Gasteiger partial charge < -0.3 is 4.74 Å². The smallest absolute Gasteiger partial charge is 0.247 e. The van der Waals surface area contributed by atoms with E-state index in [4.69, 9.17) is 4.74 Å². The van der Waals surface area contributed by atoms with E-state index in [2.05, 4.69) is 0 Å². The van der Waals surface area contributed by atoms with E-state index < -0.39 is 21.9 Å². The average molecular weight is 476 g/mol. The number of rotatable bonds is 7. The first kappa shape index (κ1) is 23.3. The predicted molar refractivity (Wildman–Crippen MR) is 119 cm³/mol. The molecule has 2 aromatic carbocycles. The highest BCUT2D eigenvalue weighted by Gasteiger charge is 2.43. The van der Waals surface area contributed by atoms with Gasteiger partial charge in [0.05, 0.1) is 24.5 Å². The Balaban J connectivity index is 1.34. The Morgan fingerprint density at radius 1 is 0.970 bits per heavy atom. The third-order valence-corrected chi connectivity index (χ3v) is 8.08. The predicted octanol–water partition coefficient (Wildman–Crippen LogP) is 1.51. The number of carbonyl (C=O) groups is 2. The van der Waals surface area contributed by atoms with E-state index in [0.29, 0.717) is 26.1 Å². The summed E-state index contributed by atoms with van der Waals surface area (Å²) in [5.74, 6) is -0.198. The van der Waals surface area contributed by atoms with Gasteiger partial charge in [-0.3, -0.25) is 19.4 Å². The second-order valence-corrected chi connectivity index (χ2v) is 10.0. The molecule has 2 aliphatic heterocycles. The molecule has 1 atom stereocenters. The topological polar surface area (TPSA) is 87.2 Å². The molecule has 2 amide bonds. The highest BCUT2D eigenvalue weighted by molar-refractivity contribution is 7.89. The van der Waals surface area contributed by atoms with E-state index in [9.17, 15) is 22.4 Å². The van der Waals surface area contributed by atoms with Crippen molar-refractivity contribution in [2.75, 3.05) is 39.8 Å². The molecule has 10 heteroatoms. The van der Waals surface area contributed by atoms with Gasteiger partial charge in [0.25, 0.3) is 0 Å². The fourth-order valence-electron chi connectivity index (χ4n) is 4.23. The summed E-state index contributed by atoms with van der Waals surface area (Å²) in [6, 6.07) is 11.7. The molecule has 0 spiro atoms. The van der Waals surface area contributed by atoms with Crippen LogP contribution in [0.25, 0.3) is 0 Å². The summed E-state index contributed by atoms with van der Waals surface area (Å²) in [4.78, 5) is 28.7. The summed E-state index contributed by atoms with van der Waals surface area (Å²) < 4.78 is 45.2. The van der Waals surface area contributed by atoms with E-state index in [-0.39, 0.29) is 36.2 Å². The molecule has 0 aromatic heterocycles. The van der Waals surface area contributed by atoms with Gasteiger partial charge in [-0.25, -0.2) is 12.8 Å². The van der Waals surface area contributed by atoms with Crippen LogP contribution in [0.5, 0.6) is 5.75 Å². The number of piperazine rings is 1. The van der Waals surface area contributed by atoms with Crippen molar-refractivity contribution >= 4 is 21.8 Å².